The zero-order chi connectivity index (χ0) is 15.6. The molecule has 0 radical (unpaired) electrons. The topological polar surface area (TPSA) is 26.3 Å². The van der Waals surface area contributed by atoms with Crippen LogP contribution in [0.3, 0.4) is 0 Å². The van der Waals surface area contributed by atoms with E-state index in [1.807, 2.05) is 64.1 Å². The summed E-state index contributed by atoms with van der Waals surface area (Å²) in [4.78, 5) is 12.5. The predicted octanol–water partition coefficient (Wildman–Crippen LogP) is 4.57. The molecule has 0 saturated heterocycles. The van der Waals surface area contributed by atoms with Gasteiger partial charge in [-0.2, -0.15) is 0 Å². The Morgan fingerprint density at radius 3 is 2.24 bits per heavy atom. The third-order valence-electron chi connectivity index (χ3n) is 3.81. The summed E-state index contributed by atoms with van der Waals surface area (Å²) in [7, 11) is 0. The molecule has 21 heavy (non-hydrogen) atoms. The monoisotopic (exact) mass is 282 g/mol. The van der Waals surface area contributed by atoms with Crippen molar-refractivity contribution in [2.24, 2.45) is 0 Å². The third kappa shape index (κ3) is 3.52. The fourth-order valence-electron chi connectivity index (χ4n) is 2.21. The fourth-order valence-corrected chi connectivity index (χ4v) is 2.21. The van der Waals surface area contributed by atoms with Crippen molar-refractivity contribution in [2.45, 2.75) is 40.7 Å². The SMILES string of the molecule is Cc1ccc(C)c(OC(C)C(=O)c2ccc(C)c(C)c2)c1. The first-order valence-corrected chi connectivity index (χ1v) is 7.24. The van der Waals surface area contributed by atoms with E-state index < -0.39 is 6.10 Å². The number of hydrogen-bond donors (Lipinski definition) is 0. The molecule has 0 aliphatic carbocycles. The maximum absolute atomic E-state index is 12.5. The minimum Gasteiger partial charge on any atom is -0.482 e. The minimum absolute atomic E-state index is 0.0130. The Morgan fingerprint density at radius 2 is 1.57 bits per heavy atom. The summed E-state index contributed by atoms with van der Waals surface area (Å²) in [5.74, 6) is 0.790. The van der Waals surface area contributed by atoms with E-state index in [4.69, 9.17) is 4.74 Å². The van der Waals surface area contributed by atoms with Crippen LogP contribution in [-0.2, 0) is 0 Å². The van der Waals surface area contributed by atoms with Crippen molar-refractivity contribution in [1.29, 1.82) is 0 Å². The van der Waals surface area contributed by atoms with Crippen molar-refractivity contribution in [3.05, 3.63) is 64.2 Å². The number of hydrogen-bond acceptors (Lipinski definition) is 2. The normalized spacial score (nSPS) is 12.0. The summed E-state index contributed by atoms with van der Waals surface area (Å²) in [5.41, 5.74) is 5.19. The van der Waals surface area contributed by atoms with Gasteiger partial charge in [0.2, 0.25) is 5.78 Å². The molecule has 2 aromatic rings. The lowest BCUT2D eigenvalue weighted by molar-refractivity contribution is 0.0817. The second kappa shape index (κ2) is 6.13. The van der Waals surface area contributed by atoms with Crippen molar-refractivity contribution in [3.63, 3.8) is 0 Å². The van der Waals surface area contributed by atoms with E-state index in [-0.39, 0.29) is 5.78 Å². The number of rotatable bonds is 4. The van der Waals surface area contributed by atoms with Gasteiger partial charge in [0.1, 0.15) is 5.75 Å². The number of ketones is 1. The molecule has 0 heterocycles. The lowest BCUT2D eigenvalue weighted by atomic mass is 10.0. The molecule has 110 valence electrons. The molecule has 2 rings (SSSR count). The molecule has 0 N–H and O–H groups in total. The number of aryl methyl sites for hydroxylation is 4. The van der Waals surface area contributed by atoms with Crippen LogP contribution < -0.4 is 4.74 Å². The van der Waals surface area contributed by atoms with E-state index in [9.17, 15) is 4.79 Å². The Labute approximate surface area is 126 Å². The molecule has 0 bridgehead atoms. The summed E-state index contributed by atoms with van der Waals surface area (Å²) in [5, 5.41) is 0. The van der Waals surface area contributed by atoms with Crippen LogP contribution in [0.2, 0.25) is 0 Å². The number of carbonyl (C=O) groups excluding carboxylic acids is 1. The molecule has 0 aromatic heterocycles. The molecule has 0 fully saturated rings. The largest absolute Gasteiger partial charge is 0.482 e. The Balaban J connectivity index is 2.19. The highest BCUT2D eigenvalue weighted by atomic mass is 16.5. The second-order valence-corrected chi connectivity index (χ2v) is 5.69. The van der Waals surface area contributed by atoms with Crippen molar-refractivity contribution in [1.82, 2.24) is 0 Å². The number of ether oxygens (including phenoxy) is 1. The molecule has 1 atom stereocenters. The van der Waals surface area contributed by atoms with Gasteiger partial charge in [-0.05, 0) is 69.0 Å². The van der Waals surface area contributed by atoms with Gasteiger partial charge >= 0.3 is 0 Å². The standard InChI is InChI=1S/C19H22O2/c1-12-6-7-14(3)18(10-12)21-16(5)19(20)17-9-8-13(2)15(4)11-17/h6-11,16H,1-5H3. The van der Waals surface area contributed by atoms with E-state index in [0.717, 1.165) is 22.4 Å². The van der Waals surface area contributed by atoms with Gasteiger partial charge in [-0.3, -0.25) is 4.79 Å². The summed E-state index contributed by atoms with van der Waals surface area (Å²) >= 11 is 0. The van der Waals surface area contributed by atoms with Crippen LogP contribution >= 0.6 is 0 Å². The minimum atomic E-state index is -0.493. The maximum Gasteiger partial charge on any atom is 0.203 e. The van der Waals surface area contributed by atoms with Gasteiger partial charge in [0.15, 0.2) is 6.10 Å². The van der Waals surface area contributed by atoms with E-state index in [2.05, 4.69) is 0 Å². The van der Waals surface area contributed by atoms with Gasteiger partial charge in [-0.25, -0.2) is 0 Å². The van der Waals surface area contributed by atoms with Crippen LogP contribution in [0.25, 0.3) is 0 Å². The summed E-state index contributed by atoms with van der Waals surface area (Å²) in [6, 6.07) is 11.8. The van der Waals surface area contributed by atoms with Crippen LogP contribution in [0.5, 0.6) is 5.75 Å². The lowest BCUT2D eigenvalue weighted by Gasteiger charge is -2.16. The van der Waals surface area contributed by atoms with Gasteiger partial charge < -0.3 is 4.74 Å². The highest BCUT2D eigenvalue weighted by Crippen LogP contribution is 2.22. The molecule has 0 spiro atoms. The quantitative estimate of drug-likeness (QED) is 0.768. The molecule has 2 aromatic carbocycles. The van der Waals surface area contributed by atoms with Crippen LogP contribution in [-0.4, -0.2) is 11.9 Å². The molecule has 2 heteroatoms. The summed E-state index contributed by atoms with van der Waals surface area (Å²) < 4.78 is 5.86. The highest BCUT2D eigenvalue weighted by Gasteiger charge is 2.18. The third-order valence-corrected chi connectivity index (χ3v) is 3.81. The predicted molar refractivity (Wildman–Crippen MR) is 86.3 cm³/mol. The first-order valence-electron chi connectivity index (χ1n) is 7.24. The first-order chi connectivity index (χ1) is 9.88. The van der Waals surface area contributed by atoms with Crippen molar-refractivity contribution in [2.75, 3.05) is 0 Å². The van der Waals surface area contributed by atoms with Gasteiger partial charge in [0.05, 0.1) is 0 Å². The van der Waals surface area contributed by atoms with Gasteiger partial charge in [-0.15, -0.1) is 0 Å². The van der Waals surface area contributed by atoms with E-state index in [1.54, 1.807) is 6.92 Å². The van der Waals surface area contributed by atoms with Gasteiger partial charge in [0.25, 0.3) is 0 Å². The number of Topliss-reactive ketones (excluding diaryl/α,β-unsaturated/α-hetero) is 1. The van der Waals surface area contributed by atoms with Crippen LogP contribution in [0.4, 0.5) is 0 Å². The van der Waals surface area contributed by atoms with Crippen LogP contribution in [0.15, 0.2) is 36.4 Å². The van der Waals surface area contributed by atoms with Gasteiger partial charge in [-0.1, -0.05) is 24.3 Å². The Bertz CT molecular complexity index is 671. The van der Waals surface area contributed by atoms with Crippen molar-refractivity contribution in [3.8, 4) is 5.75 Å². The lowest BCUT2D eigenvalue weighted by Crippen LogP contribution is -2.24. The number of benzene rings is 2. The average molecular weight is 282 g/mol. The first kappa shape index (κ1) is 15.3. The molecule has 0 aliphatic rings. The highest BCUT2D eigenvalue weighted by molar-refractivity contribution is 5.99. The summed E-state index contributed by atoms with van der Waals surface area (Å²) in [6.45, 7) is 9.87. The maximum atomic E-state index is 12.5. The smallest absolute Gasteiger partial charge is 0.203 e. The zero-order valence-electron chi connectivity index (χ0n) is 13.4. The Morgan fingerprint density at radius 1 is 0.905 bits per heavy atom. The second-order valence-electron chi connectivity index (χ2n) is 5.69. The molecule has 0 saturated carbocycles. The van der Waals surface area contributed by atoms with Crippen molar-refractivity contribution >= 4 is 5.78 Å². The molecule has 1 unspecified atom stereocenters. The molecule has 0 amide bonds. The average Bonchev–Trinajstić information content (AvgIpc) is 2.45. The van der Waals surface area contributed by atoms with Crippen LogP contribution in [0, 0.1) is 27.7 Å². The van der Waals surface area contributed by atoms with Gasteiger partial charge in [0, 0.05) is 5.56 Å². The molecule has 0 aliphatic heterocycles. The fraction of sp³-hybridized carbons (Fsp3) is 0.316. The van der Waals surface area contributed by atoms with E-state index >= 15 is 0 Å². The molecule has 2 nitrogen and oxygen atoms in total. The Kier molecular flexibility index (Phi) is 4.46. The van der Waals surface area contributed by atoms with E-state index in [1.165, 1.54) is 5.56 Å². The van der Waals surface area contributed by atoms with E-state index in [0.29, 0.717) is 5.56 Å². The summed E-state index contributed by atoms with van der Waals surface area (Å²) in [6.07, 6.45) is -0.493. The Hall–Kier alpha value is -2.09. The molecular weight excluding hydrogens is 260 g/mol. The zero-order valence-corrected chi connectivity index (χ0v) is 13.4. The molecular formula is C19H22O2. The van der Waals surface area contributed by atoms with Crippen LogP contribution in [0.1, 0.15) is 39.5 Å². The van der Waals surface area contributed by atoms with Crippen molar-refractivity contribution < 1.29 is 9.53 Å². The number of carbonyl (C=O) groups is 1.